The van der Waals surface area contributed by atoms with Gasteiger partial charge in [-0.2, -0.15) is 4.98 Å². The van der Waals surface area contributed by atoms with E-state index < -0.39 is 5.97 Å². The van der Waals surface area contributed by atoms with Crippen molar-refractivity contribution in [2.75, 3.05) is 0 Å². The van der Waals surface area contributed by atoms with Crippen LogP contribution in [0.4, 0.5) is 0 Å². The molecule has 0 aliphatic rings. The van der Waals surface area contributed by atoms with Crippen LogP contribution in [0.2, 0.25) is 0 Å². The molecule has 0 unspecified atom stereocenters. The number of carboxylic acids is 1. The lowest BCUT2D eigenvalue weighted by Crippen LogP contribution is -2.04. The topological polar surface area (TPSA) is 85.5 Å². The van der Waals surface area contributed by atoms with E-state index >= 15 is 0 Å². The zero-order valence-corrected chi connectivity index (χ0v) is 9.08. The van der Waals surface area contributed by atoms with E-state index in [2.05, 4.69) is 10.1 Å². The number of carbonyl (C=O) groups is 1. The summed E-state index contributed by atoms with van der Waals surface area (Å²) in [5.41, 5.74) is 0.104. The number of aryl methyl sites for hydroxylation is 1. The Bertz CT molecular complexity index is 536. The summed E-state index contributed by atoms with van der Waals surface area (Å²) in [6.07, 6.45) is 0. The lowest BCUT2D eigenvalue weighted by Gasteiger charge is -2.06. The number of rotatable bonds is 4. The monoisotopic (exact) mass is 234 g/mol. The van der Waals surface area contributed by atoms with Crippen LogP contribution in [0.3, 0.4) is 0 Å². The molecule has 1 aromatic carbocycles. The van der Waals surface area contributed by atoms with Crippen LogP contribution in [-0.2, 0) is 6.61 Å². The fourth-order valence-electron chi connectivity index (χ4n) is 1.31. The third-order valence-electron chi connectivity index (χ3n) is 2.04. The second-order valence-electron chi connectivity index (χ2n) is 3.32. The first-order valence-electron chi connectivity index (χ1n) is 4.91. The fraction of sp³-hybridized carbons (Fsp3) is 0.182. The van der Waals surface area contributed by atoms with E-state index in [0.717, 1.165) is 0 Å². The van der Waals surface area contributed by atoms with Gasteiger partial charge in [0.25, 0.3) is 0 Å². The highest BCUT2D eigenvalue weighted by Crippen LogP contribution is 2.18. The molecule has 1 N–H and O–H groups in total. The molecule has 1 heterocycles. The molecule has 88 valence electrons. The zero-order chi connectivity index (χ0) is 12.3. The van der Waals surface area contributed by atoms with Crippen LogP contribution in [0.15, 0.2) is 28.8 Å². The van der Waals surface area contributed by atoms with E-state index in [-0.39, 0.29) is 17.9 Å². The minimum atomic E-state index is -1.04. The molecule has 0 aliphatic heterocycles. The number of nitrogens with zero attached hydrogens (tertiary/aromatic N) is 2. The molecule has 2 rings (SSSR count). The SMILES string of the molecule is Cc1nc(COc2ccccc2C(=O)O)no1. The smallest absolute Gasteiger partial charge is 0.339 e. The van der Waals surface area contributed by atoms with Crippen molar-refractivity contribution < 1.29 is 19.2 Å². The highest BCUT2D eigenvalue weighted by atomic mass is 16.5. The molecule has 2 aromatic rings. The molecule has 0 saturated carbocycles. The molecule has 6 nitrogen and oxygen atoms in total. The average Bonchev–Trinajstić information content (AvgIpc) is 2.73. The van der Waals surface area contributed by atoms with Crippen LogP contribution in [-0.4, -0.2) is 21.2 Å². The Balaban J connectivity index is 2.11. The molecule has 0 fully saturated rings. The summed E-state index contributed by atoms with van der Waals surface area (Å²) in [6, 6.07) is 6.38. The summed E-state index contributed by atoms with van der Waals surface area (Å²) >= 11 is 0. The number of carboxylic acid groups (broad SMARTS) is 1. The first kappa shape index (κ1) is 11.1. The normalized spacial score (nSPS) is 10.2. The maximum absolute atomic E-state index is 10.9. The molecule has 0 saturated heterocycles. The highest BCUT2D eigenvalue weighted by molar-refractivity contribution is 5.90. The van der Waals surface area contributed by atoms with Crippen molar-refractivity contribution in [2.24, 2.45) is 0 Å². The Kier molecular flexibility index (Phi) is 3.04. The van der Waals surface area contributed by atoms with Crippen LogP contribution in [0.5, 0.6) is 5.75 Å². The van der Waals surface area contributed by atoms with Crippen molar-refractivity contribution in [3.05, 3.63) is 41.5 Å². The largest absolute Gasteiger partial charge is 0.485 e. The third-order valence-corrected chi connectivity index (χ3v) is 2.04. The van der Waals surface area contributed by atoms with Gasteiger partial charge in [0, 0.05) is 6.92 Å². The Hall–Kier alpha value is -2.37. The van der Waals surface area contributed by atoms with E-state index in [4.69, 9.17) is 14.4 Å². The van der Waals surface area contributed by atoms with Crippen LogP contribution in [0.1, 0.15) is 22.1 Å². The van der Waals surface area contributed by atoms with Gasteiger partial charge in [0.2, 0.25) is 11.7 Å². The van der Waals surface area contributed by atoms with Gasteiger partial charge in [0.05, 0.1) is 0 Å². The fourth-order valence-corrected chi connectivity index (χ4v) is 1.31. The Morgan fingerprint density at radius 1 is 1.47 bits per heavy atom. The van der Waals surface area contributed by atoms with Gasteiger partial charge in [-0.1, -0.05) is 17.3 Å². The lowest BCUT2D eigenvalue weighted by molar-refractivity contribution is 0.0691. The summed E-state index contributed by atoms with van der Waals surface area (Å²) in [5, 5.41) is 12.6. The van der Waals surface area contributed by atoms with Crippen LogP contribution in [0.25, 0.3) is 0 Å². The summed E-state index contributed by atoms with van der Waals surface area (Å²) in [4.78, 5) is 14.9. The van der Waals surface area contributed by atoms with Gasteiger partial charge in [0.15, 0.2) is 6.61 Å². The molecule has 0 bridgehead atoms. The number of benzene rings is 1. The van der Waals surface area contributed by atoms with Gasteiger partial charge < -0.3 is 14.4 Å². The van der Waals surface area contributed by atoms with E-state index in [9.17, 15) is 4.79 Å². The molecule has 0 aliphatic carbocycles. The van der Waals surface area contributed by atoms with E-state index in [1.54, 1.807) is 25.1 Å². The molecule has 17 heavy (non-hydrogen) atoms. The van der Waals surface area contributed by atoms with Crippen molar-refractivity contribution in [3.8, 4) is 5.75 Å². The molecular weight excluding hydrogens is 224 g/mol. The second-order valence-corrected chi connectivity index (χ2v) is 3.32. The summed E-state index contributed by atoms with van der Waals surface area (Å²) in [7, 11) is 0. The van der Waals surface area contributed by atoms with Gasteiger partial charge in [-0.15, -0.1) is 0 Å². The first-order valence-corrected chi connectivity index (χ1v) is 4.91. The molecule has 0 amide bonds. The van der Waals surface area contributed by atoms with Gasteiger partial charge >= 0.3 is 5.97 Å². The van der Waals surface area contributed by atoms with Gasteiger partial charge in [-0.25, -0.2) is 4.79 Å². The van der Waals surface area contributed by atoms with E-state index in [1.165, 1.54) is 6.07 Å². The number of aromatic carboxylic acids is 1. The van der Waals surface area contributed by atoms with Gasteiger partial charge in [-0.05, 0) is 12.1 Å². The van der Waals surface area contributed by atoms with Crippen LogP contribution >= 0.6 is 0 Å². The third kappa shape index (κ3) is 2.60. The summed E-state index contributed by atoms with van der Waals surface area (Å²) in [6.45, 7) is 1.74. The summed E-state index contributed by atoms with van der Waals surface area (Å²) in [5.74, 6) is 0.0603. The molecule has 6 heteroatoms. The molecule has 0 spiro atoms. The Morgan fingerprint density at radius 3 is 2.88 bits per heavy atom. The second kappa shape index (κ2) is 4.65. The molecule has 1 aromatic heterocycles. The standard InChI is InChI=1S/C11H10N2O4/c1-7-12-10(13-17-7)6-16-9-5-3-2-4-8(9)11(14)15/h2-5H,6H2,1H3,(H,14,15). The number of para-hydroxylation sites is 1. The maximum atomic E-state index is 10.9. The number of ether oxygens (including phenoxy) is 1. The van der Waals surface area contributed by atoms with E-state index in [1.807, 2.05) is 0 Å². The quantitative estimate of drug-likeness (QED) is 0.865. The van der Waals surface area contributed by atoms with Crippen molar-refractivity contribution in [1.29, 1.82) is 0 Å². The Morgan fingerprint density at radius 2 is 2.24 bits per heavy atom. The lowest BCUT2D eigenvalue weighted by atomic mass is 10.2. The zero-order valence-electron chi connectivity index (χ0n) is 9.08. The van der Waals surface area contributed by atoms with Crippen molar-refractivity contribution in [3.63, 3.8) is 0 Å². The molecular formula is C11H10N2O4. The van der Waals surface area contributed by atoms with Crippen LogP contribution in [0, 0.1) is 6.92 Å². The van der Waals surface area contributed by atoms with Crippen molar-refractivity contribution >= 4 is 5.97 Å². The molecule has 0 radical (unpaired) electrons. The number of hydrogen-bond acceptors (Lipinski definition) is 5. The number of aromatic nitrogens is 2. The average molecular weight is 234 g/mol. The Labute approximate surface area is 96.8 Å². The minimum absolute atomic E-state index is 0.0711. The first-order chi connectivity index (χ1) is 8.16. The van der Waals surface area contributed by atoms with E-state index in [0.29, 0.717) is 11.7 Å². The predicted octanol–water partition coefficient (Wildman–Crippen LogP) is 1.66. The minimum Gasteiger partial charge on any atom is -0.485 e. The maximum Gasteiger partial charge on any atom is 0.339 e. The van der Waals surface area contributed by atoms with Crippen LogP contribution < -0.4 is 4.74 Å². The number of hydrogen-bond donors (Lipinski definition) is 1. The van der Waals surface area contributed by atoms with Gasteiger partial charge in [-0.3, -0.25) is 0 Å². The van der Waals surface area contributed by atoms with Gasteiger partial charge in [0.1, 0.15) is 11.3 Å². The summed E-state index contributed by atoms with van der Waals surface area (Å²) < 4.78 is 10.1. The van der Waals surface area contributed by atoms with Crippen molar-refractivity contribution in [2.45, 2.75) is 13.5 Å². The molecule has 0 atom stereocenters. The predicted molar refractivity (Wildman–Crippen MR) is 56.8 cm³/mol. The van der Waals surface area contributed by atoms with Crippen molar-refractivity contribution in [1.82, 2.24) is 10.1 Å². The highest BCUT2D eigenvalue weighted by Gasteiger charge is 2.11.